The molecule has 0 amide bonds. The number of halogens is 1. The number of aliphatic hydroxyl groups is 1. The molecule has 2 aromatic rings. The minimum atomic E-state index is -1.15. The lowest BCUT2D eigenvalue weighted by atomic mass is 9.85. The molecule has 1 atom stereocenters. The van der Waals surface area contributed by atoms with Gasteiger partial charge in [-0.1, -0.05) is 42.5 Å². The molecule has 1 aliphatic heterocycles. The fourth-order valence-electron chi connectivity index (χ4n) is 3.72. The van der Waals surface area contributed by atoms with Crippen LogP contribution in [-0.4, -0.2) is 47.9 Å². The van der Waals surface area contributed by atoms with Crippen molar-refractivity contribution in [3.63, 3.8) is 0 Å². The molecular formula is C23H28FNO3. The fraction of sp³-hybridized carbons (Fsp3) is 0.435. The predicted octanol–water partition coefficient (Wildman–Crippen LogP) is 4.02. The van der Waals surface area contributed by atoms with Crippen LogP contribution in [0.4, 0.5) is 4.39 Å². The summed E-state index contributed by atoms with van der Waals surface area (Å²) in [5.74, 6) is 0.757. The van der Waals surface area contributed by atoms with E-state index in [2.05, 4.69) is 0 Å². The van der Waals surface area contributed by atoms with Crippen LogP contribution in [0.3, 0.4) is 0 Å². The molecule has 0 bridgehead atoms. The highest BCUT2D eigenvalue weighted by Gasteiger charge is 2.34. The molecule has 0 radical (unpaired) electrons. The number of likely N-dealkylation sites (tertiary alicyclic amines) is 1. The summed E-state index contributed by atoms with van der Waals surface area (Å²) in [6.07, 6.45) is 0.813. The van der Waals surface area contributed by atoms with Gasteiger partial charge in [0.25, 0.3) is 0 Å². The molecule has 1 fully saturated rings. The van der Waals surface area contributed by atoms with Crippen LogP contribution in [0.15, 0.2) is 54.6 Å². The van der Waals surface area contributed by atoms with Gasteiger partial charge in [-0.2, -0.15) is 0 Å². The molecule has 150 valence electrons. The molecule has 1 N–H and O–H groups in total. The maximum atomic E-state index is 14.6. The van der Waals surface area contributed by atoms with Crippen LogP contribution >= 0.6 is 0 Å². The molecule has 4 nitrogen and oxygen atoms in total. The van der Waals surface area contributed by atoms with Crippen molar-refractivity contribution in [3.05, 3.63) is 65.7 Å². The van der Waals surface area contributed by atoms with Crippen LogP contribution < -0.4 is 4.74 Å². The van der Waals surface area contributed by atoms with Crippen LogP contribution in [-0.2, 0) is 6.42 Å². The minimum absolute atomic E-state index is 0.0312. The second-order valence-electron chi connectivity index (χ2n) is 7.55. The lowest BCUT2D eigenvalue weighted by Gasteiger charge is -2.39. The van der Waals surface area contributed by atoms with Crippen molar-refractivity contribution in [2.75, 3.05) is 20.2 Å². The third-order valence-electron chi connectivity index (χ3n) is 5.52. The largest absolute Gasteiger partial charge is 0.497 e. The zero-order valence-corrected chi connectivity index (χ0v) is 16.3. The van der Waals surface area contributed by atoms with Crippen molar-refractivity contribution in [2.45, 2.75) is 44.0 Å². The number of alkyl halides is 1. The summed E-state index contributed by atoms with van der Waals surface area (Å²) in [7, 11) is 1.62. The van der Waals surface area contributed by atoms with Crippen molar-refractivity contribution in [2.24, 2.45) is 0 Å². The summed E-state index contributed by atoms with van der Waals surface area (Å²) < 4.78 is 19.8. The van der Waals surface area contributed by atoms with Crippen molar-refractivity contribution < 1.29 is 19.0 Å². The normalized spacial score (nSPS) is 17.8. The lowest BCUT2D eigenvalue weighted by molar-refractivity contribution is -0.0510. The second-order valence-corrected chi connectivity index (χ2v) is 7.55. The number of hydrogen-bond donors (Lipinski definition) is 1. The highest BCUT2D eigenvalue weighted by molar-refractivity contribution is 5.95. The molecule has 0 aromatic heterocycles. The Morgan fingerprint density at radius 1 is 1.14 bits per heavy atom. The minimum Gasteiger partial charge on any atom is -0.497 e. The summed E-state index contributed by atoms with van der Waals surface area (Å²) in [6.45, 7) is 0.987. The van der Waals surface area contributed by atoms with Crippen LogP contribution in [0.2, 0.25) is 0 Å². The number of carbonyl (C=O) groups excluding carboxylic acids is 1. The van der Waals surface area contributed by atoms with E-state index in [9.17, 15) is 14.3 Å². The third-order valence-corrected chi connectivity index (χ3v) is 5.52. The Labute approximate surface area is 165 Å². The molecule has 2 aromatic carbocycles. The Kier molecular flexibility index (Phi) is 6.81. The number of hydrogen-bond acceptors (Lipinski definition) is 4. The first-order valence-electron chi connectivity index (χ1n) is 9.81. The van der Waals surface area contributed by atoms with E-state index in [4.69, 9.17) is 4.74 Å². The number of piperidine rings is 1. The van der Waals surface area contributed by atoms with Gasteiger partial charge >= 0.3 is 0 Å². The fourth-order valence-corrected chi connectivity index (χ4v) is 3.72. The van der Waals surface area contributed by atoms with Gasteiger partial charge in [0.15, 0.2) is 12.1 Å². The Balaban J connectivity index is 1.46. The summed E-state index contributed by atoms with van der Waals surface area (Å²) >= 11 is 0. The Morgan fingerprint density at radius 2 is 1.79 bits per heavy atom. The maximum absolute atomic E-state index is 14.6. The van der Waals surface area contributed by atoms with E-state index in [-0.39, 0.29) is 18.6 Å². The average Bonchev–Trinajstić information content (AvgIpc) is 2.73. The van der Waals surface area contributed by atoms with Gasteiger partial charge in [-0.15, -0.1) is 0 Å². The Hall–Kier alpha value is -2.24. The molecule has 0 spiro atoms. The molecule has 0 aliphatic carbocycles. The van der Waals surface area contributed by atoms with Crippen molar-refractivity contribution in [1.82, 2.24) is 4.90 Å². The standard InChI is InChI=1S/C23H28FNO3/c1-28-20-9-7-18(8-10-20)17-23(27)13-15-25(16-14-23)22(24)12-11-21(26)19-5-3-2-4-6-19/h2-10,22,27H,11-17H2,1H3. The number of Topliss-reactive ketones (excluding diaryl/α,β-unsaturated/α-hetero) is 1. The molecule has 1 saturated heterocycles. The molecule has 1 unspecified atom stereocenters. The number of carbonyl (C=O) groups is 1. The molecule has 1 heterocycles. The number of rotatable bonds is 8. The number of benzene rings is 2. The van der Waals surface area contributed by atoms with E-state index in [0.29, 0.717) is 37.9 Å². The maximum Gasteiger partial charge on any atom is 0.163 e. The molecule has 28 heavy (non-hydrogen) atoms. The number of ketones is 1. The second kappa shape index (κ2) is 9.30. The zero-order valence-electron chi connectivity index (χ0n) is 16.3. The summed E-state index contributed by atoms with van der Waals surface area (Å²) in [5.41, 5.74) is 0.856. The molecule has 1 aliphatic rings. The van der Waals surface area contributed by atoms with Gasteiger partial charge in [-0.05, 0) is 37.0 Å². The highest BCUT2D eigenvalue weighted by atomic mass is 19.1. The van der Waals surface area contributed by atoms with Gasteiger partial charge in [-0.25, -0.2) is 4.39 Å². The molecule has 3 rings (SSSR count). The number of methoxy groups -OCH3 is 1. The van der Waals surface area contributed by atoms with E-state index >= 15 is 0 Å². The Morgan fingerprint density at radius 3 is 2.39 bits per heavy atom. The van der Waals surface area contributed by atoms with Gasteiger partial charge < -0.3 is 9.84 Å². The van der Waals surface area contributed by atoms with E-state index in [1.54, 1.807) is 24.1 Å². The number of nitrogens with zero attached hydrogens (tertiary/aromatic N) is 1. The van der Waals surface area contributed by atoms with E-state index < -0.39 is 11.9 Å². The van der Waals surface area contributed by atoms with E-state index in [1.807, 2.05) is 42.5 Å². The summed E-state index contributed by atoms with van der Waals surface area (Å²) in [6, 6.07) is 16.7. The monoisotopic (exact) mass is 385 g/mol. The topological polar surface area (TPSA) is 49.8 Å². The molecule has 5 heteroatoms. The van der Waals surface area contributed by atoms with Gasteiger partial charge in [0.05, 0.1) is 12.7 Å². The van der Waals surface area contributed by atoms with Crippen LogP contribution in [0.5, 0.6) is 5.75 Å². The van der Waals surface area contributed by atoms with Crippen molar-refractivity contribution in [1.29, 1.82) is 0 Å². The molecular weight excluding hydrogens is 357 g/mol. The van der Waals surface area contributed by atoms with Gasteiger partial charge in [-0.3, -0.25) is 9.69 Å². The smallest absolute Gasteiger partial charge is 0.163 e. The molecule has 0 saturated carbocycles. The van der Waals surface area contributed by atoms with Crippen LogP contribution in [0.1, 0.15) is 41.6 Å². The lowest BCUT2D eigenvalue weighted by Crippen LogP contribution is -2.48. The Bertz CT molecular complexity index is 755. The SMILES string of the molecule is COc1ccc(CC2(O)CCN(C(F)CCC(=O)c3ccccc3)CC2)cc1. The van der Waals surface area contributed by atoms with Crippen LogP contribution in [0, 0.1) is 0 Å². The quantitative estimate of drug-likeness (QED) is 0.551. The first-order valence-corrected chi connectivity index (χ1v) is 9.81. The van der Waals surface area contributed by atoms with Crippen molar-refractivity contribution in [3.8, 4) is 5.75 Å². The van der Waals surface area contributed by atoms with Gasteiger partial charge in [0, 0.05) is 31.5 Å². The third kappa shape index (κ3) is 5.40. The van der Waals surface area contributed by atoms with Gasteiger partial charge in [0.2, 0.25) is 0 Å². The first kappa shape index (κ1) is 20.5. The van der Waals surface area contributed by atoms with Crippen molar-refractivity contribution >= 4 is 5.78 Å². The first-order chi connectivity index (χ1) is 13.5. The highest BCUT2D eigenvalue weighted by Crippen LogP contribution is 2.29. The average molecular weight is 385 g/mol. The van der Waals surface area contributed by atoms with Crippen LogP contribution in [0.25, 0.3) is 0 Å². The zero-order chi connectivity index (χ0) is 20.0. The van der Waals surface area contributed by atoms with E-state index in [1.165, 1.54) is 0 Å². The summed E-state index contributed by atoms with van der Waals surface area (Å²) in [5, 5.41) is 10.9. The predicted molar refractivity (Wildman–Crippen MR) is 107 cm³/mol. The van der Waals surface area contributed by atoms with Gasteiger partial charge in [0.1, 0.15) is 5.75 Å². The summed E-state index contributed by atoms with van der Waals surface area (Å²) in [4.78, 5) is 13.9. The van der Waals surface area contributed by atoms with E-state index in [0.717, 1.165) is 11.3 Å². The number of ether oxygens (including phenoxy) is 1.